The van der Waals surface area contributed by atoms with Crippen molar-refractivity contribution in [1.82, 2.24) is 10.2 Å². The van der Waals surface area contributed by atoms with Gasteiger partial charge in [-0.3, -0.25) is 19.2 Å². The lowest BCUT2D eigenvalue weighted by atomic mass is 10.1. The predicted octanol–water partition coefficient (Wildman–Crippen LogP) is 3.22. The molecule has 12 nitrogen and oxygen atoms in total. The van der Waals surface area contributed by atoms with E-state index in [1.807, 2.05) is 7.05 Å². The minimum atomic E-state index is -0.543. The second kappa shape index (κ2) is 25.0. The third-order valence-corrected chi connectivity index (χ3v) is 6.05. The molecule has 1 N–H and O–H groups in total. The van der Waals surface area contributed by atoms with Gasteiger partial charge < -0.3 is 29.2 Å². The number of ether oxygens (including phenoxy) is 4. The molecule has 0 bridgehead atoms. The molecule has 0 spiro atoms. The fourth-order valence-corrected chi connectivity index (χ4v) is 3.54. The molecule has 0 aliphatic rings. The summed E-state index contributed by atoms with van der Waals surface area (Å²) in [6.07, 6.45) is 6.15. The number of nitrogens with zero attached hydrogens (tertiary/aromatic N) is 1. The summed E-state index contributed by atoms with van der Waals surface area (Å²) in [5.41, 5.74) is 0.541. The van der Waals surface area contributed by atoms with Gasteiger partial charge in [-0.25, -0.2) is 9.59 Å². The number of amides is 1. The first kappa shape index (κ1) is 39.5. The van der Waals surface area contributed by atoms with Gasteiger partial charge in [0.2, 0.25) is 5.91 Å². The van der Waals surface area contributed by atoms with Crippen LogP contribution >= 0.6 is 0 Å². The number of unbranched alkanes of at least 4 members (excludes halogenated alkanes) is 4. The van der Waals surface area contributed by atoms with E-state index in [0.29, 0.717) is 13.0 Å². The van der Waals surface area contributed by atoms with Gasteiger partial charge in [0.1, 0.15) is 32.2 Å². The highest BCUT2D eigenvalue weighted by molar-refractivity contribution is 5.87. The molecule has 244 valence electrons. The lowest BCUT2D eigenvalue weighted by molar-refractivity contribution is -0.150. The third kappa shape index (κ3) is 24.7. The predicted molar refractivity (Wildman–Crippen MR) is 160 cm³/mol. The molecule has 1 amide bonds. The first-order chi connectivity index (χ1) is 20.4. The second-order valence-electron chi connectivity index (χ2n) is 10.3. The molecule has 12 heteroatoms. The number of esters is 4. The van der Waals surface area contributed by atoms with Crippen molar-refractivity contribution in [2.45, 2.75) is 84.5 Å². The summed E-state index contributed by atoms with van der Waals surface area (Å²) in [4.78, 5) is 71.9. The summed E-state index contributed by atoms with van der Waals surface area (Å²) in [5, 5.41) is 2.80. The van der Waals surface area contributed by atoms with E-state index in [1.54, 1.807) is 0 Å². The zero-order valence-electron chi connectivity index (χ0n) is 26.2. The maximum absolute atomic E-state index is 12.0. The molecular formula is C31H50N2O10. The number of hydrogen-bond acceptors (Lipinski definition) is 11. The lowest BCUT2D eigenvalue weighted by Gasteiger charge is -2.16. The van der Waals surface area contributed by atoms with Crippen LogP contribution in [-0.2, 0) is 47.7 Å². The Bertz CT molecular complexity index is 932. The highest BCUT2D eigenvalue weighted by Gasteiger charge is 2.11. The molecular weight excluding hydrogens is 560 g/mol. The molecule has 0 saturated carbocycles. The smallest absolute Gasteiger partial charge is 0.333 e. The third-order valence-electron chi connectivity index (χ3n) is 6.05. The Hall–Kier alpha value is -3.54. The summed E-state index contributed by atoms with van der Waals surface area (Å²) in [6.45, 7) is 12.1. The van der Waals surface area contributed by atoms with Crippen molar-refractivity contribution in [3.8, 4) is 0 Å². The number of rotatable bonds is 26. The first-order valence-electron chi connectivity index (χ1n) is 14.9. The average molecular weight is 611 g/mol. The Kier molecular flexibility index (Phi) is 22.9. The van der Waals surface area contributed by atoms with Gasteiger partial charge in [-0.2, -0.15) is 0 Å². The van der Waals surface area contributed by atoms with Crippen molar-refractivity contribution in [3.05, 3.63) is 24.3 Å². The number of ketones is 1. The van der Waals surface area contributed by atoms with Crippen molar-refractivity contribution >= 4 is 35.6 Å². The molecule has 0 fully saturated rings. The van der Waals surface area contributed by atoms with Crippen LogP contribution in [0.15, 0.2) is 24.3 Å². The number of carbonyl (C=O) groups excluding carboxylic acids is 6. The van der Waals surface area contributed by atoms with Gasteiger partial charge in [0.25, 0.3) is 0 Å². The van der Waals surface area contributed by atoms with Crippen LogP contribution in [0.3, 0.4) is 0 Å². The Morgan fingerprint density at radius 3 is 1.58 bits per heavy atom. The highest BCUT2D eigenvalue weighted by Crippen LogP contribution is 2.06. The van der Waals surface area contributed by atoms with Crippen molar-refractivity contribution in [2.24, 2.45) is 0 Å². The molecule has 0 rings (SSSR count). The molecule has 0 atom stereocenters. The Balaban J connectivity index is 3.62. The van der Waals surface area contributed by atoms with Crippen molar-refractivity contribution in [2.75, 3.05) is 53.1 Å². The number of nitrogens with one attached hydrogen (secondary N) is 1. The molecule has 0 unspecified atom stereocenters. The van der Waals surface area contributed by atoms with Gasteiger partial charge in [-0.15, -0.1) is 0 Å². The zero-order valence-corrected chi connectivity index (χ0v) is 26.2. The molecule has 0 aromatic carbocycles. The fourth-order valence-electron chi connectivity index (χ4n) is 3.54. The topological polar surface area (TPSA) is 155 Å². The van der Waals surface area contributed by atoms with Crippen molar-refractivity contribution in [1.29, 1.82) is 0 Å². The van der Waals surface area contributed by atoms with E-state index in [-0.39, 0.29) is 74.9 Å². The van der Waals surface area contributed by atoms with Crippen LogP contribution in [0.25, 0.3) is 0 Å². The maximum atomic E-state index is 12.0. The molecule has 0 heterocycles. The second-order valence-corrected chi connectivity index (χ2v) is 10.3. The highest BCUT2D eigenvalue weighted by atomic mass is 16.6. The summed E-state index contributed by atoms with van der Waals surface area (Å²) in [7, 11) is 2.05. The minimum absolute atomic E-state index is 0.0171. The molecule has 0 aliphatic heterocycles. The number of carbonyl (C=O) groups is 6. The normalized spacial score (nSPS) is 10.5. The molecule has 0 saturated heterocycles. The zero-order chi connectivity index (χ0) is 32.5. The van der Waals surface area contributed by atoms with Crippen LogP contribution in [0.4, 0.5) is 0 Å². The lowest BCUT2D eigenvalue weighted by Crippen LogP contribution is -2.25. The monoisotopic (exact) mass is 610 g/mol. The molecule has 0 aromatic rings. The van der Waals surface area contributed by atoms with E-state index >= 15 is 0 Å². The van der Waals surface area contributed by atoms with Gasteiger partial charge in [0.05, 0.1) is 12.8 Å². The van der Waals surface area contributed by atoms with Gasteiger partial charge in [0, 0.05) is 37.0 Å². The van der Waals surface area contributed by atoms with Crippen LogP contribution in [-0.4, -0.2) is 93.6 Å². The van der Waals surface area contributed by atoms with Crippen molar-refractivity contribution in [3.63, 3.8) is 0 Å². The van der Waals surface area contributed by atoms with Gasteiger partial charge in [-0.1, -0.05) is 26.0 Å². The molecule has 0 radical (unpaired) electrons. The van der Waals surface area contributed by atoms with E-state index in [1.165, 1.54) is 13.8 Å². The SMILES string of the molecule is C=C(C)C(=O)OCCOC(=O)CCC(=O)CCCCN(C)CCCCCCNC(=O)CCC(=O)OCCOC(=O)C(=C)C. The van der Waals surface area contributed by atoms with Crippen LogP contribution in [0, 0.1) is 0 Å². The fraction of sp³-hybridized carbons (Fsp3) is 0.677. The summed E-state index contributed by atoms with van der Waals surface area (Å²) in [6, 6.07) is 0. The Morgan fingerprint density at radius 1 is 0.581 bits per heavy atom. The van der Waals surface area contributed by atoms with Crippen LogP contribution < -0.4 is 5.32 Å². The minimum Gasteiger partial charge on any atom is -0.462 e. The van der Waals surface area contributed by atoms with Crippen LogP contribution in [0.2, 0.25) is 0 Å². The average Bonchev–Trinajstić information content (AvgIpc) is 2.96. The van der Waals surface area contributed by atoms with E-state index in [2.05, 4.69) is 23.4 Å². The van der Waals surface area contributed by atoms with Crippen molar-refractivity contribution < 1.29 is 47.7 Å². The van der Waals surface area contributed by atoms with Gasteiger partial charge in [0.15, 0.2) is 0 Å². The summed E-state index contributed by atoms with van der Waals surface area (Å²) < 4.78 is 19.5. The van der Waals surface area contributed by atoms with E-state index in [4.69, 9.17) is 18.9 Å². The van der Waals surface area contributed by atoms with E-state index < -0.39 is 23.9 Å². The molecule has 0 aliphatic carbocycles. The largest absolute Gasteiger partial charge is 0.462 e. The van der Waals surface area contributed by atoms with E-state index in [9.17, 15) is 28.8 Å². The quantitative estimate of drug-likeness (QED) is 0.0664. The Labute approximate surface area is 255 Å². The van der Waals surface area contributed by atoms with Gasteiger partial charge in [-0.05, 0) is 59.7 Å². The summed E-state index contributed by atoms with van der Waals surface area (Å²) >= 11 is 0. The molecule has 43 heavy (non-hydrogen) atoms. The first-order valence-corrected chi connectivity index (χ1v) is 14.9. The van der Waals surface area contributed by atoms with E-state index in [0.717, 1.165) is 51.6 Å². The van der Waals surface area contributed by atoms with Crippen LogP contribution in [0.5, 0.6) is 0 Å². The Morgan fingerprint density at radius 2 is 1.05 bits per heavy atom. The summed E-state index contributed by atoms with van der Waals surface area (Å²) in [5.74, 6) is -2.27. The maximum Gasteiger partial charge on any atom is 0.333 e. The standard InChI is InChI=1S/C31H50N2O10/c1-24(2)30(38)42-22-20-40-28(36)15-13-26(34)12-8-11-19-33(5)18-10-7-6-9-17-32-27(35)14-16-29(37)41-21-23-43-31(39)25(3)4/h1,3,6-23H2,2,4-5H3,(H,32,35). The number of hydrogen-bond donors (Lipinski definition) is 1. The molecule has 0 aromatic heterocycles. The number of Topliss-reactive ketones (excluding diaryl/α,β-unsaturated/α-hetero) is 1. The van der Waals surface area contributed by atoms with Gasteiger partial charge >= 0.3 is 23.9 Å². The van der Waals surface area contributed by atoms with Crippen LogP contribution in [0.1, 0.15) is 84.5 Å².